The summed E-state index contributed by atoms with van der Waals surface area (Å²) >= 11 is 0. The second-order valence-corrected chi connectivity index (χ2v) is 6.47. The molecule has 1 saturated heterocycles. The largest absolute Gasteiger partial charge is 0.479 e. The Morgan fingerprint density at radius 3 is 2.57 bits per heavy atom. The molecule has 28 heavy (non-hydrogen) atoms. The minimum Gasteiger partial charge on any atom is -0.479 e. The molecule has 0 aromatic heterocycles. The second kappa shape index (κ2) is 8.05. The van der Waals surface area contributed by atoms with Gasteiger partial charge >= 0.3 is 5.97 Å². The van der Waals surface area contributed by atoms with Crippen LogP contribution in [0.25, 0.3) is 0 Å². The topological polar surface area (TPSA) is 131 Å². The van der Waals surface area contributed by atoms with Crippen LogP contribution < -0.4 is 10.6 Å². The molecule has 0 aliphatic carbocycles. The number of nitrogens with zero attached hydrogens (tertiary/aromatic N) is 1. The molecule has 9 heteroatoms. The monoisotopic (exact) mass is 385 g/mol. The molecule has 1 aliphatic rings. The predicted octanol–water partition coefficient (Wildman–Crippen LogP) is 2.18. The summed E-state index contributed by atoms with van der Waals surface area (Å²) in [4.78, 5) is 34.9. The molecule has 0 bridgehead atoms. The van der Waals surface area contributed by atoms with Crippen LogP contribution in [-0.2, 0) is 16.1 Å². The van der Waals surface area contributed by atoms with Gasteiger partial charge in [0.2, 0.25) is 0 Å². The van der Waals surface area contributed by atoms with Crippen LogP contribution in [0.15, 0.2) is 48.5 Å². The lowest BCUT2D eigenvalue weighted by Gasteiger charge is -2.23. The number of carboxylic acid groups (broad SMARTS) is 1. The van der Waals surface area contributed by atoms with E-state index in [1.165, 1.54) is 12.1 Å². The number of carbonyl (C=O) groups excluding carboxylic acids is 1. The van der Waals surface area contributed by atoms with Crippen molar-refractivity contribution in [1.82, 2.24) is 5.32 Å². The quantitative estimate of drug-likeness (QED) is 0.492. The summed E-state index contributed by atoms with van der Waals surface area (Å²) in [5, 5.41) is 26.3. The van der Waals surface area contributed by atoms with Gasteiger partial charge in [-0.2, -0.15) is 0 Å². The number of carboxylic acids is 1. The van der Waals surface area contributed by atoms with Crippen molar-refractivity contribution in [3.05, 3.63) is 69.8 Å². The number of amides is 1. The molecule has 2 aromatic carbocycles. The summed E-state index contributed by atoms with van der Waals surface area (Å²) in [6.07, 6.45) is 0.132. The average molecular weight is 385 g/mol. The zero-order chi connectivity index (χ0) is 20.1. The fourth-order valence-corrected chi connectivity index (χ4v) is 2.94. The minimum atomic E-state index is -1.52. The summed E-state index contributed by atoms with van der Waals surface area (Å²) < 4.78 is 5.10. The molecule has 1 unspecified atom stereocenters. The van der Waals surface area contributed by atoms with Crippen molar-refractivity contribution in [3.63, 3.8) is 0 Å². The lowest BCUT2D eigenvalue weighted by molar-refractivity contribution is -0.384. The van der Waals surface area contributed by atoms with E-state index >= 15 is 0 Å². The lowest BCUT2D eigenvalue weighted by Crippen LogP contribution is -2.55. The van der Waals surface area contributed by atoms with Gasteiger partial charge < -0.3 is 20.5 Å². The van der Waals surface area contributed by atoms with Crippen LogP contribution in [0.3, 0.4) is 0 Å². The Bertz CT molecular complexity index is 894. The molecule has 1 aliphatic heterocycles. The SMILES string of the molecule is O=C(NC1(C(=O)O)CCOC1)c1ccc(NCc2ccccc2)c([N+](=O)[O-])c1. The third kappa shape index (κ3) is 4.09. The first-order valence-electron chi connectivity index (χ1n) is 8.61. The zero-order valence-corrected chi connectivity index (χ0v) is 14.9. The first-order chi connectivity index (χ1) is 13.4. The van der Waals surface area contributed by atoms with Crippen LogP contribution >= 0.6 is 0 Å². The standard InChI is InChI=1S/C19H19N3O6/c23-17(21-19(18(24)25)8-9-28-12-19)14-6-7-15(16(10-14)22(26)27)20-11-13-4-2-1-3-5-13/h1-7,10,20H,8-9,11-12H2,(H,21,23)(H,24,25). The maximum atomic E-state index is 12.5. The van der Waals surface area contributed by atoms with E-state index in [4.69, 9.17) is 4.74 Å². The Morgan fingerprint density at radius 2 is 1.96 bits per heavy atom. The highest BCUT2D eigenvalue weighted by Crippen LogP contribution is 2.27. The van der Waals surface area contributed by atoms with Crippen LogP contribution in [0, 0.1) is 10.1 Å². The van der Waals surface area contributed by atoms with E-state index in [-0.39, 0.29) is 36.6 Å². The van der Waals surface area contributed by atoms with E-state index < -0.39 is 22.3 Å². The summed E-state index contributed by atoms with van der Waals surface area (Å²) in [6, 6.07) is 13.4. The molecule has 1 fully saturated rings. The molecule has 9 nitrogen and oxygen atoms in total. The van der Waals surface area contributed by atoms with E-state index in [0.717, 1.165) is 11.6 Å². The summed E-state index contributed by atoms with van der Waals surface area (Å²) in [5.74, 6) is -1.90. The van der Waals surface area contributed by atoms with Crippen molar-refractivity contribution >= 4 is 23.3 Å². The maximum Gasteiger partial charge on any atom is 0.331 e. The van der Waals surface area contributed by atoms with Crippen LogP contribution in [0.4, 0.5) is 11.4 Å². The van der Waals surface area contributed by atoms with Gasteiger partial charge in [-0.15, -0.1) is 0 Å². The maximum absolute atomic E-state index is 12.5. The fraction of sp³-hybridized carbons (Fsp3) is 0.263. The van der Waals surface area contributed by atoms with Gasteiger partial charge in [-0.25, -0.2) is 4.79 Å². The molecule has 0 spiro atoms. The lowest BCUT2D eigenvalue weighted by atomic mass is 9.98. The summed E-state index contributed by atoms with van der Waals surface area (Å²) in [5.41, 5.74) is -0.568. The number of nitrogens with one attached hydrogen (secondary N) is 2. The fourth-order valence-electron chi connectivity index (χ4n) is 2.94. The van der Waals surface area contributed by atoms with Gasteiger partial charge in [-0.1, -0.05) is 30.3 Å². The van der Waals surface area contributed by atoms with Crippen LogP contribution in [0.1, 0.15) is 22.3 Å². The molecule has 0 saturated carbocycles. The summed E-state index contributed by atoms with van der Waals surface area (Å²) in [7, 11) is 0. The molecular formula is C19H19N3O6. The Balaban J connectivity index is 1.79. The number of carbonyl (C=O) groups is 2. The van der Waals surface area contributed by atoms with Gasteiger partial charge in [0.1, 0.15) is 5.69 Å². The zero-order valence-electron chi connectivity index (χ0n) is 14.9. The predicted molar refractivity (Wildman–Crippen MR) is 100 cm³/mol. The first-order valence-corrected chi connectivity index (χ1v) is 8.61. The molecule has 3 rings (SSSR count). The van der Waals surface area contributed by atoms with Crippen molar-refractivity contribution < 1.29 is 24.4 Å². The van der Waals surface area contributed by atoms with Gasteiger partial charge in [-0.3, -0.25) is 14.9 Å². The second-order valence-electron chi connectivity index (χ2n) is 6.47. The highest BCUT2D eigenvalue weighted by molar-refractivity contribution is 5.99. The normalized spacial score (nSPS) is 18.4. The number of hydrogen-bond donors (Lipinski definition) is 3. The third-order valence-electron chi connectivity index (χ3n) is 4.57. The first kappa shape index (κ1) is 19.3. The number of ether oxygens (including phenoxy) is 1. The number of aliphatic carboxylic acids is 1. The average Bonchev–Trinajstić information content (AvgIpc) is 3.17. The number of rotatable bonds is 7. The van der Waals surface area contributed by atoms with Crippen LogP contribution in [0.2, 0.25) is 0 Å². The van der Waals surface area contributed by atoms with Gasteiger partial charge in [0.05, 0.1) is 11.5 Å². The number of benzene rings is 2. The smallest absolute Gasteiger partial charge is 0.331 e. The van der Waals surface area contributed by atoms with E-state index in [1.807, 2.05) is 30.3 Å². The van der Waals surface area contributed by atoms with Gasteiger partial charge in [0, 0.05) is 31.2 Å². The molecule has 2 aromatic rings. The Hall–Kier alpha value is -3.46. The van der Waals surface area contributed by atoms with Gasteiger partial charge in [-0.05, 0) is 17.7 Å². The molecule has 3 N–H and O–H groups in total. The number of nitro groups is 1. The van der Waals surface area contributed by atoms with E-state index in [9.17, 15) is 24.8 Å². The van der Waals surface area contributed by atoms with Crippen molar-refractivity contribution in [1.29, 1.82) is 0 Å². The molecule has 1 heterocycles. The molecule has 146 valence electrons. The highest BCUT2D eigenvalue weighted by Gasteiger charge is 2.44. The van der Waals surface area contributed by atoms with E-state index in [0.29, 0.717) is 6.54 Å². The summed E-state index contributed by atoms with van der Waals surface area (Å²) in [6.45, 7) is 0.453. The van der Waals surface area contributed by atoms with Gasteiger partial charge in [0.15, 0.2) is 5.54 Å². The Kier molecular flexibility index (Phi) is 5.55. The number of anilines is 1. The number of hydrogen-bond acceptors (Lipinski definition) is 6. The van der Waals surface area contributed by atoms with Crippen LogP contribution in [-0.4, -0.2) is 40.7 Å². The van der Waals surface area contributed by atoms with E-state index in [1.54, 1.807) is 0 Å². The molecule has 1 atom stereocenters. The van der Waals surface area contributed by atoms with E-state index in [2.05, 4.69) is 10.6 Å². The third-order valence-corrected chi connectivity index (χ3v) is 4.57. The van der Waals surface area contributed by atoms with Crippen molar-refractivity contribution in [2.24, 2.45) is 0 Å². The van der Waals surface area contributed by atoms with Crippen molar-refractivity contribution in [2.75, 3.05) is 18.5 Å². The number of nitro benzene ring substituents is 1. The molecule has 1 amide bonds. The minimum absolute atomic E-state index is 0.00415. The van der Waals surface area contributed by atoms with Gasteiger partial charge in [0.25, 0.3) is 11.6 Å². The van der Waals surface area contributed by atoms with Crippen molar-refractivity contribution in [2.45, 2.75) is 18.5 Å². The Labute approximate surface area is 160 Å². The molecular weight excluding hydrogens is 366 g/mol. The highest BCUT2D eigenvalue weighted by atomic mass is 16.6. The van der Waals surface area contributed by atoms with Crippen molar-refractivity contribution in [3.8, 4) is 0 Å². The van der Waals surface area contributed by atoms with Crippen LogP contribution in [0.5, 0.6) is 0 Å². The molecule has 0 radical (unpaired) electrons. The Morgan fingerprint density at radius 1 is 1.21 bits per heavy atom.